The fraction of sp³-hybridized carbons (Fsp3) is 0.308. The van der Waals surface area contributed by atoms with Gasteiger partial charge in [0.25, 0.3) is 0 Å². The van der Waals surface area contributed by atoms with Crippen LogP contribution in [0.4, 0.5) is 5.69 Å². The van der Waals surface area contributed by atoms with Crippen molar-refractivity contribution in [3.05, 3.63) is 30.0 Å². The average molecular weight is 247 g/mol. The average Bonchev–Trinajstić information content (AvgIpc) is 2.58. The summed E-state index contributed by atoms with van der Waals surface area (Å²) in [5.74, 6) is 0. The molecule has 0 amide bonds. The lowest BCUT2D eigenvalue weighted by atomic mass is 9.92. The van der Waals surface area contributed by atoms with Crippen LogP contribution in [-0.4, -0.2) is 10.1 Å². The second kappa shape index (κ2) is 4.04. The highest BCUT2D eigenvalue weighted by molar-refractivity contribution is 7.80. The van der Waals surface area contributed by atoms with E-state index in [0.717, 1.165) is 16.6 Å². The molecule has 0 spiro atoms. The molecule has 2 aromatic rings. The topological polar surface area (TPSA) is 53.8 Å². The quantitative estimate of drug-likeness (QED) is 0.679. The first-order valence-corrected chi connectivity index (χ1v) is 5.97. The third-order valence-corrected chi connectivity index (χ3v) is 2.80. The van der Waals surface area contributed by atoms with E-state index in [-0.39, 0.29) is 10.5 Å². The number of nitrogens with one attached hydrogen (secondary N) is 2. The Balaban J connectivity index is 2.44. The van der Waals surface area contributed by atoms with Gasteiger partial charge in [-0.15, -0.1) is 0 Å². The smallest absolute Gasteiger partial charge is 0.168 e. The molecule has 2 rings (SSSR count). The lowest BCUT2D eigenvalue weighted by Crippen LogP contribution is -2.18. The summed E-state index contributed by atoms with van der Waals surface area (Å²) in [7, 11) is 0. The van der Waals surface area contributed by atoms with E-state index in [0.29, 0.717) is 0 Å². The van der Waals surface area contributed by atoms with Crippen LogP contribution in [0.2, 0.25) is 0 Å². The molecule has 0 radical (unpaired) electrons. The lowest BCUT2D eigenvalue weighted by molar-refractivity contribution is 0.574. The third-order valence-electron chi connectivity index (χ3n) is 2.70. The summed E-state index contributed by atoms with van der Waals surface area (Å²) in [6.07, 6.45) is 0. The summed E-state index contributed by atoms with van der Waals surface area (Å²) in [6.45, 7) is 6.56. The minimum absolute atomic E-state index is 0.121. The second-order valence-corrected chi connectivity index (χ2v) is 5.66. The molecule has 4 heteroatoms. The number of thiocarbonyl (C=S) groups is 1. The molecule has 0 aliphatic rings. The number of nitrogens with two attached hydrogens (primary N) is 1. The van der Waals surface area contributed by atoms with Crippen molar-refractivity contribution in [2.24, 2.45) is 5.73 Å². The second-order valence-electron chi connectivity index (χ2n) is 5.22. The molecule has 4 N–H and O–H groups in total. The Morgan fingerprint density at radius 3 is 2.59 bits per heavy atom. The highest BCUT2D eigenvalue weighted by atomic mass is 32.1. The van der Waals surface area contributed by atoms with Crippen molar-refractivity contribution < 1.29 is 0 Å². The van der Waals surface area contributed by atoms with Gasteiger partial charge in [-0.05, 0) is 36.5 Å². The number of hydrogen-bond donors (Lipinski definition) is 3. The maximum Gasteiger partial charge on any atom is 0.168 e. The largest absolute Gasteiger partial charge is 0.376 e. The molecule has 0 fully saturated rings. The number of benzene rings is 1. The summed E-state index contributed by atoms with van der Waals surface area (Å²) in [4.78, 5) is 3.42. The van der Waals surface area contributed by atoms with Gasteiger partial charge in [-0.1, -0.05) is 20.8 Å². The van der Waals surface area contributed by atoms with Crippen molar-refractivity contribution in [2.45, 2.75) is 26.2 Å². The Kier molecular flexibility index (Phi) is 2.83. The summed E-state index contributed by atoms with van der Waals surface area (Å²) in [5, 5.41) is 4.39. The molecule has 1 aromatic carbocycles. The van der Waals surface area contributed by atoms with Gasteiger partial charge in [-0.2, -0.15) is 0 Å². The fourth-order valence-electron chi connectivity index (χ4n) is 1.76. The van der Waals surface area contributed by atoms with Crippen LogP contribution < -0.4 is 11.1 Å². The van der Waals surface area contributed by atoms with Crippen molar-refractivity contribution in [3.63, 3.8) is 0 Å². The predicted molar refractivity (Wildman–Crippen MR) is 77.4 cm³/mol. The zero-order chi connectivity index (χ0) is 12.6. The summed E-state index contributed by atoms with van der Waals surface area (Å²) >= 11 is 4.82. The Bertz CT molecular complexity index is 564. The number of aromatic amines is 1. The SMILES string of the molecule is CC(C)(C)c1cc2cc(NC(N)=S)ccc2[nH]1. The monoisotopic (exact) mass is 247 g/mol. The normalized spacial score (nSPS) is 11.7. The van der Waals surface area contributed by atoms with Crippen LogP contribution in [0.5, 0.6) is 0 Å². The van der Waals surface area contributed by atoms with Gasteiger partial charge < -0.3 is 16.0 Å². The van der Waals surface area contributed by atoms with Crippen LogP contribution in [0, 0.1) is 0 Å². The van der Waals surface area contributed by atoms with Crippen molar-refractivity contribution in [2.75, 3.05) is 5.32 Å². The van der Waals surface area contributed by atoms with Crippen molar-refractivity contribution >= 4 is 33.9 Å². The van der Waals surface area contributed by atoms with Crippen LogP contribution in [0.15, 0.2) is 24.3 Å². The Hall–Kier alpha value is -1.55. The van der Waals surface area contributed by atoms with Crippen LogP contribution >= 0.6 is 12.2 Å². The molecule has 0 saturated carbocycles. The number of H-pyrrole nitrogens is 1. The number of anilines is 1. The first-order valence-electron chi connectivity index (χ1n) is 5.56. The van der Waals surface area contributed by atoms with Crippen LogP contribution in [0.25, 0.3) is 10.9 Å². The lowest BCUT2D eigenvalue weighted by Gasteiger charge is -2.15. The highest BCUT2D eigenvalue weighted by Crippen LogP contribution is 2.27. The zero-order valence-corrected chi connectivity index (χ0v) is 11.1. The first-order chi connectivity index (χ1) is 7.86. The van der Waals surface area contributed by atoms with Gasteiger partial charge in [0.15, 0.2) is 5.11 Å². The minimum Gasteiger partial charge on any atom is -0.376 e. The van der Waals surface area contributed by atoms with Gasteiger partial charge in [0.1, 0.15) is 0 Å². The van der Waals surface area contributed by atoms with Crippen LogP contribution in [0.3, 0.4) is 0 Å². The molecular formula is C13H17N3S. The van der Waals surface area contributed by atoms with Gasteiger partial charge in [0.05, 0.1) is 0 Å². The van der Waals surface area contributed by atoms with Gasteiger partial charge in [-0.3, -0.25) is 0 Å². The summed E-state index contributed by atoms with van der Waals surface area (Å²) in [6, 6.07) is 8.20. The molecule has 1 heterocycles. The molecule has 0 aliphatic heterocycles. The van der Waals surface area contributed by atoms with E-state index < -0.39 is 0 Å². The zero-order valence-electron chi connectivity index (χ0n) is 10.3. The van der Waals surface area contributed by atoms with E-state index in [1.54, 1.807) is 0 Å². The number of aromatic nitrogens is 1. The van der Waals surface area contributed by atoms with E-state index in [1.807, 2.05) is 18.2 Å². The van der Waals surface area contributed by atoms with E-state index in [4.69, 9.17) is 18.0 Å². The van der Waals surface area contributed by atoms with E-state index >= 15 is 0 Å². The van der Waals surface area contributed by atoms with Gasteiger partial charge in [-0.25, -0.2) is 0 Å². The van der Waals surface area contributed by atoms with Gasteiger partial charge >= 0.3 is 0 Å². The Morgan fingerprint density at radius 1 is 1.29 bits per heavy atom. The fourth-order valence-corrected chi connectivity index (χ4v) is 1.87. The molecule has 0 saturated heterocycles. The van der Waals surface area contributed by atoms with E-state index in [2.05, 4.69) is 37.1 Å². The van der Waals surface area contributed by atoms with Gasteiger partial charge in [0.2, 0.25) is 0 Å². The standard InChI is InChI=1S/C13H17N3S/c1-13(2,3)11-7-8-6-9(15-12(14)17)4-5-10(8)16-11/h4-7,16H,1-3H3,(H3,14,15,17). The molecule has 3 nitrogen and oxygen atoms in total. The number of rotatable bonds is 1. The molecule has 90 valence electrons. The van der Waals surface area contributed by atoms with Crippen molar-refractivity contribution in [3.8, 4) is 0 Å². The molecule has 0 unspecified atom stereocenters. The molecule has 0 aliphatic carbocycles. The maximum atomic E-state index is 5.46. The minimum atomic E-state index is 0.121. The number of fused-ring (bicyclic) bond motifs is 1. The highest BCUT2D eigenvalue weighted by Gasteiger charge is 2.16. The summed E-state index contributed by atoms with van der Waals surface area (Å²) in [5.41, 5.74) is 8.85. The van der Waals surface area contributed by atoms with E-state index in [9.17, 15) is 0 Å². The molecule has 1 aromatic heterocycles. The van der Waals surface area contributed by atoms with Crippen molar-refractivity contribution in [1.29, 1.82) is 0 Å². The summed E-state index contributed by atoms with van der Waals surface area (Å²) < 4.78 is 0. The molecular weight excluding hydrogens is 230 g/mol. The van der Waals surface area contributed by atoms with Crippen molar-refractivity contribution in [1.82, 2.24) is 4.98 Å². The Morgan fingerprint density at radius 2 is 2.00 bits per heavy atom. The molecule has 17 heavy (non-hydrogen) atoms. The molecule has 0 atom stereocenters. The first kappa shape index (κ1) is 11.9. The van der Waals surface area contributed by atoms with Crippen LogP contribution in [0.1, 0.15) is 26.5 Å². The third kappa shape index (κ3) is 2.58. The maximum absolute atomic E-state index is 5.46. The number of hydrogen-bond acceptors (Lipinski definition) is 1. The molecule has 0 bridgehead atoms. The predicted octanol–water partition coefficient (Wildman–Crippen LogP) is 3.12. The van der Waals surface area contributed by atoms with E-state index in [1.165, 1.54) is 5.69 Å². The Labute approximate surface area is 106 Å². The van der Waals surface area contributed by atoms with Crippen LogP contribution in [-0.2, 0) is 5.41 Å². The van der Waals surface area contributed by atoms with Gasteiger partial charge in [0, 0.05) is 27.7 Å².